The number of amides is 1. The van der Waals surface area contributed by atoms with Crippen LogP contribution in [-0.4, -0.2) is 33.9 Å². The van der Waals surface area contributed by atoms with Gasteiger partial charge in [0.05, 0.1) is 17.9 Å². The highest BCUT2D eigenvalue weighted by Crippen LogP contribution is 2.23. The Balaban J connectivity index is 2.01. The number of likely N-dealkylation sites (tertiary alicyclic amines) is 1. The van der Waals surface area contributed by atoms with Crippen molar-refractivity contribution < 1.29 is 4.79 Å². The summed E-state index contributed by atoms with van der Waals surface area (Å²) in [4.78, 5) is 17.8. The van der Waals surface area contributed by atoms with E-state index in [0.29, 0.717) is 18.7 Å². The third-order valence-corrected chi connectivity index (χ3v) is 3.18. The monoisotopic (exact) mass is 258 g/mol. The van der Waals surface area contributed by atoms with Crippen molar-refractivity contribution >= 4 is 11.6 Å². The van der Waals surface area contributed by atoms with Crippen molar-refractivity contribution in [2.75, 3.05) is 11.9 Å². The van der Waals surface area contributed by atoms with E-state index in [1.807, 2.05) is 37.8 Å². The van der Waals surface area contributed by atoms with Crippen LogP contribution in [0.4, 0.5) is 5.69 Å². The number of nitrogens with one attached hydrogen (secondary N) is 1. The van der Waals surface area contributed by atoms with Crippen LogP contribution in [0.1, 0.15) is 32.9 Å². The molecule has 0 aliphatic carbocycles. The Morgan fingerprint density at radius 3 is 2.68 bits per heavy atom. The van der Waals surface area contributed by atoms with E-state index in [1.54, 1.807) is 12.3 Å². The molecule has 19 heavy (non-hydrogen) atoms. The summed E-state index contributed by atoms with van der Waals surface area (Å²) in [7, 11) is 0. The predicted octanol–water partition coefficient (Wildman–Crippen LogP) is 1.76. The highest BCUT2D eigenvalue weighted by Gasteiger charge is 2.36. The van der Waals surface area contributed by atoms with E-state index in [-0.39, 0.29) is 17.5 Å². The average molecular weight is 258 g/mol. The van der Waals surface area contributed by atoms with E-state index in [2.05, 4.69) is 10.3 Å². The average Bonchev–Trinajstić information content (AvgIpc) is 2.71. The molecule has 2 heterocycles. The topological polar surface area (TPSA) is 69.0 Å². The van der Waals surface area contributed by atoms with Gasteiger partial charge in [0, 0.05) is 18.5 Å². The maximum absolute atomic E-state index is 11.9. The molecule has 100 valence electrons. The third-order valence-electron chi connectivity index (χ3n) is 3.18. The molecule has 1 aliphatic heterocycles. The van der Waals surface area contributed by atoms with Crippen LogP contribution in [-0.2, 0) is 4.79 Å². The molecular formula is C14H18N4O. The lowest BCUT2D eigenvalue weighted by molar-refractivity contribution is -0.131. The van der Waals surface area contributed by atoms with Crippen LogP contribution in [0.5, 0.6) is 0 Å². The molecule has 1 saturated heterocycles. The minimum absolute atomic E-state index is 0.0986. The van der Waals surface area contributed by atoms with Crippen molar-refractivity contribution in [3.8, 4) is 6.07 Å². The summed E-state index contributed by atoms with van der Waals surface area (Å²) in [5.41, 5.74) is 1.09. The fourth-order valence-corrected chi connectivity index (χ4v) is 2.23. The molecular weight excluding hydrogens is 240 g/mol. The number of nitrogens with zero attached hydrogens (tertiary/aromatic N) is 3. The van der Waals surface area contributed by atoms with Crippen molar-refractivity contribution in [3.05, 3.63) is 24.0 Å². The van der Waals surface area contributed by atoms with Crippen LogP contribution in [0, 0.1) is 11.3 Å². The Hall–Kier alpha value is -2.09. The van der Waals surface area contributed by atoms with Gasteiger partial charge >= 0.3 is 0 Å². The summed E-state index contributed by atoms with van der Waals surface area (Å²) < 4.78 is 0. The summed E-state index contributed by atoms with van der Waals surface area (Å²) in [6.07, 6.45) is 2.13. The van der Waals surface area contributed by atoms with Gasteiger partial charge in [0.15, 0.2) is 0 Å². The van der Waals surface area contributed by atoms with Crippen molar-refractivity contribution in [3.63, 3.8) is 0 Å². The zero-order valence-corrected chi connectivity index (χ0v) is 11.5. The van der Waals surface area contributed by atoms with E-state index in [0.717, 1.165) is 5.69 Å². The third kappa shape index (κ3) is 3.02. The van der Waals surface area contributed by atoms with E-state index in [9.17, 15) is 4.79 Å². The quantitative estimate of drug-likeness (QED) is 0.877. The molecule has 1 atom stereocenters. The van der Waals surface area contributed by atoms with Crippen LogP contribution in [0.3, 0.4) is 0 Å². The van der Waals surface area contributed by atoms with Crippen molar-refractivity contribution in [1.29, 1.82) is 5.26 Å². The number of pyridine rings is 1. The second kappa shape index (κ2) is 4.88. The maximum atomic E-state index is 11.9. The van der Waals surface area contributed by atoms with Crippen LogP contribution in [0.25, 0.3) is 0 Å². The highest BCUT2D eigenvalue weighted by atomic mass is 16.2. The Morgan fingerprint density at radius 2 is 2.21 bits per heavy atom. The minimum Gasteiger partial charge on any atom is -0.379 e. The first-order valence-corrected chi connectivity index (χ1v) is 6.33. The number of hydrogen-bond acceptors (Lipinski definition) is 4. The summed E-state index contributed by atoms with van der Waals surface area (Å²) >= 11 is 0. The molecule has 1 fully saturated rings. The molecule has 0 spiro atoms. The molecule has 0 bridgehead atoms. The van der Waals surface area contributed by atoms with Crippen LogP contribution >= 0.6 is 0 Å². The molecule has 0 unspecified atom stereocenters. The van der Waals surface area contributed by atoms with Gasteiger partial charge in [-0.3, -0.25) is 4.79 Å². The normalized spacial score (nSPS) is 19.4. The van der Waals surface area contributed by atoms with E-state index >= 15 is 0 Å². The van der Waals surface area contributed by atoms with E-state index < -0.39 is 0 Å². The summed E-state index contributed by atoms with van der Waals surface area (Å²) in [5, 5.41) is 12.0. The second-order valence-corrected chi connectivity index (χ2v) is 5.76. The number of rotatable bonds is 2. The molecule has 0 saturated carbocycles. The maximum Gasteiger partial charge on any atom is 0.225 e. The smallest absolute Gasteiger partial charge is 0.225 e. The zero-order chi connectivity index (χ0) is 14.0. The molecule has 1 N–H and O–H groups in total. The number of hydrogen-bond donors (Lipinski definition) is 1. The van der Waals surface area contributed by atoms with Gasteiger partial charge in [0.1, 0.15) is 11.8 Å². The van der Waals surface area contributed by atoms with Crippen molar-refractivity contribution in [2.45, 2.75) is 38.8 Å². The van der Waals surface area contributed by atoms with Crippen LogP contribution < -0.4 is 5.32 Å². The summed E-state index contributed by atoms with van der Waals surface area (Å²) in [6, 6.07) is 5.56. The highest BCUT2D eigenvalue weighted by molar-refractivity contribution is 5.80. The Morgan fingerprint density at radius 1 is 1.47 bits per heavy atom. The Bertz CT molecular complexity index is 510. The Kier molecular flexibility index (Phi) is 3.43. The molecule has 1 aromatic heterocycles. The van der Waals surface area contributed by atoms with E-state index in [1.165, 1.54) is 0 Å². The lowest BCUT2D eigenvalue weighted by atomic mass is 10.1. The first-order valence-electron chi connectivity index (χ1n) is 6.33. The molecule has 0 radical (unpaired) electrons. The number of anilines is 1. The molecule has 1 aliphatic rings. The fraction of sp³-hybridized carbons (Fsp3) is 0.500. The van der Waals surface area contributed by atoms with Crippen LogP contribution in [0.15, 0.2) is 18.3 Å². The first-order chi connectivity index (χ1) is 8.90. The summed E-state index contributed by atoms with van der Waals surface area (Å²) in [6.45, 7) is 6.81. The standard InChI is InChI=1S/C14H18N4O/c1-14(2,3)18-9-12(6-13(18)19)17-11-5-4-10(7-15)16-8-11/h4-5,8,12,17H,6,9H2,1-3H3/t12-/m1/s1. The van der Waals surface area contributed by atoms with Gasteiger partial charge < -0.3 is 10.2 Å². The Labute approximate surface area is 113 Å². The minimum atomic E-state index is -0.142. The molecule has 1 amide bonds. The molecule has 5 heteroatoms. The fourth-order valence-electron chi connectivity index (χ4n) is 2.23. The molecule has 0 aromatic carbocycles. The van der Waals surface area contributed by atoms with Gasteiger partial charge in [-0.15, -0.1) is 0 Å². The zero-order valence-electron chi connectivity index (χ0n) is 11.5. The van der Waals surface area contributed by atoms with Crippen molar-refractivity contribution in [1.82, 2.24) is 9.88 Å². The number of carbonyl (C=O) groups is 1. The lowest BCUT2D eigenvalue weighted by Crippen LogP contribution is -2.43. The van der Waals surface area contributed by atoms with Gasteiger partial charge in [-0.05, 0) is 32.9 Å². The first kappa shape index (κ1) is 13.3. The van der Waals surface area contributed by atoms with Gasteiger partial charge in [0.25, 0.3) is 0 Å². The largest absolute Gasteiger partial charge is 0.379 e. The van der Waals surface area contributed by atoms with Crippen molar-refractivity contribution in [2.24, 2.45) is 0 Å². The lowest BCUT2D eigenvalue weighted by Gasteiger charge is -2.32. The van der Waals surface area contributed by atoms with Gasteiger partial charge in [-0.2, -0.15) is 5.26 Å². The summed E-state index contributed by atoms with van der Waals surface area (Å²) in [5.74, 6) is 0.173. The van der Waals surface area contributed by atoms with Crippen LogP contribution in [0.2, 0.25) is 0 Å². The second-order valence-electron chi connectivity index (χ2n) is 5.76. The van der Waals surface area contributed by atoms with Gasteiger partial charge in [0.2, 0.25) is 5.91 Å². The molecule has 5 nitrogen and oxygen atoms in total. The van der Waals surface area contributed by atoms with Gasteiger partial charge in [-0.1, -0.05) is 0 Å². The molecule has 1 aromatic rings. The molecule has 2 rings (SSSR count). The van der Waals surface area contributed by atoms with E-state index in [4.69, 9.17) is 5.26 Å². The predicted molar refractivity (Wildman–Crippen MR) is 72.4 cm³/mol. The number of carbonyl (C=O) groups excluding carboxylic acids is 1. The SMILES string of the molecule is CC(C)(C)N1C[C@H](Nc2ccc(C#N)nc2)CC1=O. The number of aromatic nitrogens is 1. The number of nitriles is 1. The van der Waals surface area contributed by atoms with Gasteiger partial charge in [-0.25, -0.2) is 4.98 Å².